The van der Waals surface area contributed by atoms with Crippen molar-refractivity contribution >= 4 is 6.03 Å². The van der Waals surface area contributed by atoms with Crippen LogP contribution >= 0.6 is 0 Å². The third-order valence-corrected chi connectivity index (χ3v) is 5.22. The quantitative estimate of drug-likeness (QED) is 0.705. The van der Waals surface area contributed by atoms with Gasteiger partial charge >= 0.3 is 6.03 Å². The van der Waals surface area contributed by atoms with Crippen molar-refractivity contribution < 1.29 is 9.53 Å². The Morgan fingerprint density at radius 3 is 2.00 bits per heavy atom. The summed E-state index contributed by atoms with van der Waals surface area (Å²) < 4.78 is 6.00. The van der Waals surface area contributed by atoms with Gasteiger partial charge in [0.1, 0.15) is 11.9 Å². The Balaban J connectivity index is 1.39. The minimum Gasteiger partial charge on any atom is -0.490 e. The van der Waals surface area contributed by atoms with E-state index in [2.05, 4.69) is 10.3 Å². The Morgan fingerprint density at radius 2 is 1.45 bits per heavy atom. The molecule has 5 heteroatoms. The molecule has 0 radical (unpaired) electrons. The first-order valence-corrected chi connectivity index (χ1v) is 10.0. The number of aromatic nitrogens is 1. The van der Waals surface area contributed by atoms with Gasteiger partial charge in [0.2, 0.25) is 0 Å². The molecule has 1 N–H and O–H groups in total. The van der Waals surface area contributed by atoms with Gasteiger partial charge in [0.05, 0.1) is 6.04 Å². The highest BCUT2D eigenvalue weighted by atomic mass is 16.5. The molecule has 1 aromatic heterocycles. The number of nitrogens with one attached hydrogen (secondary N) is 1. The van der Waals surface area contributed by atoms with E-state index in [0.29, 0.717) is 13.1 Å². The lowest BCUT2D eigenvalue weighted by atomic mass is 9.99. The second-order valence-electron chi connectivity index (χ2n) is 7.19. The maximum atomic E-state index is 13.0. The van der Waals surface area contributed by atoms with Crippen LogP contribution in [0.4, 0.5) is 4.79 Å². The Bertz CT molecular complexity index is 856. The van der Waals surface area contributed by atoms with E-state index < -0.39 is 0 Å². The topological polar surface area (TPSA) is 54.5 Å². The number of nitrogens with zero attached hydrogens (tertiary/aromatic N) is 2. The van der Waals surface area contributed by atoms with Crippen LogP contribution in [0.3, 0.4) is 0 Å². The molecule has 0 spiro atoms. The summed E-state index contributed by atoms with van der Waals surface area (Å²) in [7, 11) is 0. The molecule has 1 saturated heterocycles. The van der Waals surface area contributed by atoms with Crippen molar-refractivity contribution in [1.82, 2.24) is 15.2 Å². The molecule has 2 heterocycles. The maximum absolute atomic E-state index is 13.0. The summed E-state index contributed by atoms with van der Waals surface area (Å²) in [5.74, 6) is 0.830. The largest absolute Gasteiger partial charge is 0.490 e. The minimum atomic E-state index is -0.171. The van der Waals surface area contributed by atoms with Crippen molar-refractivity contribution in [3.8, 4) is 5.75 Å². The van der Waals surface area contributed by atoms with Crippen molar-refractivity contribution in [2.75, 3.05) is 13.1 Å². The van der Waals surface area contributed by atoms with E-state index in [4.69, 9.17) is 4.74 Å². The van der Waals surface area contributed by atoms with E-state index in [-0.39, 0.29) is 18.2 Å². The average Bonchev–Trinajstić information content (AvgIpc) is 2.80. The number of hydrogen-bond acceptors (Lipinski definition) is 3. The highest BCUT2D eigenvalue weighted by Crippen LogP contribution is 2.23. The normalized spacial score (nSPS) is 14.6. The standard InChI is InChI=1S/C24H25N3O2/c28-24(27-17-13-22(14-18-27)29-21-11-15-25-16-12-21)26-23(19-7-3-1-4-8-19)20-9-5-2-6-10-20/h1-12,15-16,22-23H,13-14,17-18H2,(H,26,28). The number of pyridine rings is 1. The third kappa shape index (κ3) is 4.93. The number of carbonyl (C=O) groups excluding carboxylic acids is 1. The molecule has 2 aromatic carbocycles. The second-order valence-corrected chi connectivity index (χ2v) is 7.19. The first-order valence-electron chi connectivity index (χ1n) is 10.0. The third-order valence-electron chi connectivity index (χ3n) is 5.22. The van der Waals surface area contributed by atoms with Gasteiger partial charge in [-0.15, -0.1) is 0 Å². The Kier molecular flexibility index (Phi) is 6.05. The summed E-state index contributed by atoms with van der Waals surface area (Å²) in [4.78, 5) is 18.9. The van der Waals surface area contributed by atoms with Crippen molar-refractivity contribution in [2.45, 2.75) is 25.0 Å². The van der Waals surface area contributed by atoms with Gasteiger partial charge in [0.15, 0.2) is 0 Å². The predicted molar refractivity (Wildman–Crippen MR) is 113 cm³/mol. The van der Waals surface area contributed by atoms with E-state index >= 15 is 0 Å². The van der Waals surface area contributed by atoms with Crippen molar-refractivity contribution in [2.24, 2.45) is 0 Å². The van der Waals surface area contributed by atoms with Crippen LogP contribution < -0.4 is 10.1 Å². The van der Waals surface area contributed by atoms with Crippen LogP contribution in [0.25, 0.3) is 0 Å². The smallest absolute Gasteiger partial charge is 0.318 e. The monoisotopic (exact) mass is 387 g/mol. The molecule has 0 atom stereocenters. The molecule has 2 amide bonds. The van der Waals surface area contributed by atoms with Crippen molar-refractivity contribution in [1.29, 1.82) is 0 Å². The fourth-order valence-corrected chi connectivity index (χ4v) is 3.65. The lowest BCUT2D eigenvalue weighted by Crippen LogP contribution is -2.47. The zero-order valence-corrected chi connectivity index (χ0v) is 16.3. The molecule has 0 aliphatic carbocycles. The molecule has 29 heavy (non-hydrogen) atoms. The van der Waals surface area contributed by atoms with Crippen molar-refractivity contribution in [3.05, 3.63) is 96.3 Å². The number of rotatable bonds is 5. The predicted octanol–water partition coefficient (Wildman–Crippen LogP) is 4.42. The highest BCUT2D eigenvalue weighted by molar-refractivity contribution is 5.75. The first kappa shape index (κ1) is 19.0. The zero-order valence-electron chi connectivity index (χ0n) is 16.3. The van der Waals surface area contributed by atoms with Crippen LogP contribution in [0.1, 0.15) is 30.0 Å². The minimum absolute atomic E-state index is 0.0370. The molecular weight excluding hydrogens is 362 g/mol. The number of ether oxygens (including phenoxy) is 1. The van der Waals surface area contributed by atoms with Crippen LogP contribution in [-0.4, -0.2) is 35.1 Å². The summed E-state index contributed by atoms with van der Waals surface area (Å²) >= 11 is 0. The van der Waals surface area contributed by atoms with Gasteiger partial charge < -0.3 is 15.0 Å². The molecule has 3 aromatic rings. The van der Waals surface area contributed by atoms with Gasteiger partial charge in [-0.3, -0.25) is 4.98 Å². The van der Waals surface area contributed by atoms with E-state index in [0.717, 1.165) is 29.7 Å². The summed E-state index contributed by atoms with van der Waals surface area (Å²) in [6, 6.07) is 23.7. The molecule has 0 saturated carbocycles. The summed E-state index contributed by atoms with van der Waals surface area (Å²) in [5.41, 5.74) is 2.14. The summed E-state index contributed by atoms with van der Waals surface area (Å²) in [5, 5.41) is 3.22. The molecule has 148 valence electrons. The SMILES string of the molecule is O=C(NC(c1ccccc1)c1ccccc1)N1CCC(Oc2ccncc2)CC1. The van der Waals surface area contributed by atoms with Crippen LogP contribution in [0, 0.1) is 0 Å². The van der Waals surface area contributed by atoms with Crippen LogP contribution in [0.2, 0.25) is 0 Å². The summed E-state index contributed by atoms with van der Waals surface area (Å²) in [6.07, 6.45) is 5.21. The van der Waals surface area contributed by atoms with E-state index in [1.165, 1.54) is 0 Å². The molecular formula is C24H25N3O2. The number of benzene rings is 2. The van der Waals surface area contributed by atoms with Crippen molar-refractivity contribution in [3.63, 3.8) is 0 Å². The van der Waals surface area contributed by atoms with E-state index in [1.54, 1.807) is 12.4 Å². The van der Waals surface area contributed by atoms with Gasteiger partial charge in [-0.2, -0.15) is 0 Å². The number of urea groups is 1. The second kappa shape index (κ2) is 9.24. The van der Waals surface area contributed by atoms with Crippen LogP contribution in [0.15, 0.2) is 85.2 Å². The lowest BCUT2D eigenvalue weighted by Gasteiger charge is -2.33. The molecule has 0 unspecified atom stereocenters. The molecule has 1 aliphatic rings. The zero-order chi connectivity index (χ0) is 19.9. The molecule has 5 nitrogen and oxygen atoms in total. The lowest BCUT2D eigenvalue weighted by molar-refractivity contribution is 0.110. The maximum Gasteiger partial charge on any atom is 0.318 e. The average molecular weight is 387 g/mol. The van der Waals surface area contributed by atoms with Gasteiger partial charge in [0, 0.05) is 38.3 Å². The van der Waals surface area contributed by atoms with Gasteiger partial charge in [0.25, 0.3) is 0 Å². The number of likely N-dealkylation sites (tertiary alicyclic amines) is 1. The number of piperidine rings is 1. The molecule has 1 fully saturated rings. The number of amides is 2. The van der Waals surface area contributed by atoms with Gasteiger partial charge in [-0.1, -0.05) is 60.7 Å². The number of carbonyl (C=O) groups is 1. The highest BCUT2D eigenvalue weighted by Gasteiger charge is 2.26. The fraction of sp³-hybridized carbons (Fsp3) is 0.250. The first-order chi connectivity index (χ1) is 14.3. The van der Waals surface area contributed by atoms with E-state index in [1.807, 2.05) is 77.7 Å². The Labute approximate surface area is 171 Å². The van der Waals surface area contributed by atoms with Gasteiger partial charge in [-0.25, -0.2) is 4.79 Å². The fourth-order valence-electron chi connectivity index (χ4n) is 3.65. The summed E-state index contributed by atoms with van der Waals surface area (Å²) in [6.45, 7) is 1.36. The molecule has 0 bridgehead atoms. The Hall–Kier alpha value is -3.34. The van der Waals surface area contributed by atoms with Crippen LogP contribution in [0.5, 0.6) is 5.75 Å². The Morgan fingerprint density at radius 1 is 0.897 bits per heavy atom. The van der Waals surface area contributed by atoms with Crippen LogP contribution in [-0.2, 0) is 0 Å². The van der Waals surface area contributed by atoms with E-state index in [9.17, 15) is 4.79 Å². The molecule has 1 aliphatic heterocycles. The molecule has 4 rings (SSSR count). The number of hydrogen-bond donors (Lipinski definition) is 1. The van der Waals surface area contributed by atoms with Gasteiger partial charge in [-0.05, 0) is 23.3 Å².